The number of hydrogen-bond donors (Lipinski definition) is 1. The molecule has 0 amide bonds. The van der Waals surface area contributed by atoms with Crippen molar-refractivity contribution in [3.63, 3.8) is 0 Å². The third kappa shape index (κ3) is 1.87. The normalized spacial score (nSPS) is 16.4. The maximum absolute atomic E-state index is 5.88. The summed E-state index contributed by atoms with van der Waals surface area (Å²) < 4.78 is 0. The van der Waals surface area contributed by atoms with E-state index in [0.29, 0.717) is 10.7 Å². The number of halogens is 1. The Balaban J connectivity index is 2.15. The Hall–Kier alpha value is -0.340. The molecule has 12 heavy (non-hydrogen) atoms. The highest BCUT2D eigenvalue weighted by molar-refractivity contribution is 8.00. The maximum Gasteiger partial charge on any atom is 0.0646 e. The van der Waals surface area contributed by atoms with Gasteiger partial charge in [-0.25, -0.2) is 0 Å². The van der Waals surface area contributed by atoms with E-state index in [0.717, 1.165) is 5.25 Å². The molecule has 0 heterocycles. The van der Waals surface area contributed by atoms with Crippen molar-refractivity contribution in [2.45, 2.75) is 23.0 Å². The molecule has 1 aromatic rings. The van der Waals surface area contributed by atoms with Crippen LogP contribution in [-0.2, 0) is 0 Å². The molecule has 0 saturated heterocycles. The minimum atomic E-state index is 0.664. The second kappa shape index (κ2) is 3.19. The van der Waals surface area contributed by atoms with Gasteiger partial charge in [0.1, 0.15) is 0 Å². The molecule has 1 saturated carbocycles. The molecule has 0 unspecified atom stereocenters. The summed E-state index contributed by atoms with van der Waals surface area (Å²) in [5.41, 5.74) is 6.26. The molecule has 3 heteroatoms. The maximum atomic E-state index is 5.88. The highest BCUT2D eigenvalue weighted by Gasteiger charge is 2.22. The summed E-state index contributed by atoms with van der Waals surface area (Å²) in [6.45, 7) is 0. The van der Waals surface area contributed by atoms with Gasteiger partial charge in [-0.3, -0.25) is 0 Å². The van der Waals surface area contributed by atoms with Crippen molar-refractivity contribution in [1.29, 1.82) is 0 Å². The molecule has 0 aromatic heterocycles. The molecule has 0 spiro atoms. The van der Waals surface area contributed by atoms with Crippen LogP contribution in [0.2, 0.25) is 5.02 Å². The fraction of sp³-hybridized carbons (Fsp3) is 0.333. The minimum Gasteiger partial charge on any atom is -0.398 e. The zero-order valence-electron chi connectivity index (χ0n) is 6.59. The standard InChI is InChI=1S/C9H10ClNS/c10-8-5-7(3-4-9(8)11)12-6-1-2-6/h3-6H,1-2,11H2. The largest absolute Gasteiger partial charge is 0.398 e. The fourth-order valence-corrected chi connectivity index (χ4v) is 2.29. The predicted molar refractivity (Wildman–Crippen MR) is 54.7 cm³/mol. The molecule has 64 valence electrons. The van der Waals surface area contributed by atoms with E-state index in [-0.39, 0.29) is 0 Å². The Labute approximate surface area is 81.3 Å². The lowest BCUT2D eigenvalue weighted by Crippen LogP contribution is -1.85. The second-order valence-corrected chi connectivity index (χ2v) is 4.78. The third-order valence-electron chi connectivity index (χ3n) is 1.80. The van der Waals surface area contributed by atoms with Crippen LogP contribution < -0.4 is 5.73 Å². The monoisotopic (exact) mass is 199 g/mol. The first-order chi connectivity index (χ1) is 5.75. The molecule has 2 N–H and O–H groups in total. The van der Waals surface area contributed by atoms with E-state index in [1.165, 1.54) is 17.7 Å². The van der Waals surface area contributed by atoms with Gasteiger partial charge in [-0.05, 0) is 31.0 Å². The van der Waals surface area contributed by atoms with Crippen molar-refractivity contribution in [1.82, 2.24) is 0 Å². The third-order valence-corrected chi connectivity index (χ3v) is 3.46. The van der Waals surface area contributed by atoms with E-state index in [2.05, 4.69) is 0 Å². The second-order valence-electron chi connectivity index (χ2n) is 3.00. The molecule has 0 aliphatic heterocycles. The van der Waals surface area contributed by atoms with Gasteiger partial charge in [-0.2, -0.15) is 0 Å². The van der Waals surface area contributed by atoms with E-state index >= 15 is 0 Å². The molecular weight excluding hydrogens is 190 g/mol. The van der Waals surface area contributed by atoms with Crippen LogP contribution in [0, 0.1) is 0 Å². The van der Waals surface area contributed by atoms with Gasteiger partial charge in [-0.1, -0.05) is 11.6 Å². The lowest BCUT2D eigenvalue weighted by Gasteiger charge is -2.01. The summed E-state index contributed by atoms with van der Waals surface area (Å²) in [6.07, 6.45) is 2.68. The van der Waals surface area contributed by atoms with Crippen LogP contribution in [0.25, 0.3) is 0 Å². The van der Waals surface area contributed by atoms with Gasteiger partial charge >= 0.3 is 0 Å². The number of hydrogen-bond acceptors (Lipinski definition) is 2. The average molecular weight is 200 g/mol. The first-order valence-corrected chi connectivity index (χ1v) is 5.23. The molecule has 2 rings (SSSR count). The van der Waals surface area contributed by atoms with Crippen molar-refractivity contribution < 1.29 is 0 Å². The molecule has 0 bridgehead atoms. The van der Waals surface area contributed by atoms with E-state index in [1.54, 1.807) is 0 Å². The fourth-order valence-electron chi connectivity index (χ4n) is 0.960. The molecule has 1 aliphatic rings. The van der Waals surface area contributed by atoms with Gasteiger partial charge in [0.15, 0.2) is 0 Å². The number of benzene rings is 1. The molecule has 0 radical (unpaired) electrons. The number of anilines is 1. The molecule has 0 atom stereocenters. The molecule has 1 fully saturated rings. The summed E-state index contributed by atoms with van der Waals surface area (Å²) in [6, 6.07) is 5.84. The van der Waals surface area contributed by atoms with Crippen LogP contribution in [0.1, 0.15) is 12.8 Å². The zero-order valence-corrected chi connectivity index (χ0v) is 8.16. The summed E-state index contributed by atoms with van der Waals surface area (Å²) in [4.78, 5) is 1.23. The Morgan fingerprint density at radius 3 is 2.75 bits per heavy atom. The Morgan fingerprint density at radius 2 is 2.17 bits per heavy atom. The van der Waals surface area contributed by atoms with Gasteiger partial charge in [-0.15, -0.1) is 11.8 Å². The van der Waals surface area contributed by atoms with Crippen LogP contribution >= 0.6 is 23.4 Å². The van der Waals surface area contributed by atoms with E-state index < -0.39 is 0 Å². The number of nitrogen functional groups attached to an aromatic ring is 1. The van der Waals surface area contributed by atoms with Gasteiger partial charge in [0.2, 0.25) is 0 Å². The van der Waals surface area contributed by atoms with Crippen molar-refractivity contribution in [2.24, 2.45) is 0 Å². The number of rotatable bonds is 2. The topological polar surface area (TPSA) is 26.0 Å². The first kappa shape index (κ1) is 8.27. The van der Waals surface area contributed by atoms with E-state index in [4.69, 9.17) is 17.3 Å². The Morgan fingerprint density at radius 1 is 1.42 bits per heavy atom. The van der Waals surface area contributed by atoms with Crippen LogP contribution in [-0.4, -0.2) is 5.25 Å². The average Bonchev–Trinajstić information content (AvgIpc) is 2.81. The molecule has 1 aliphatic carbocycles. The van der Waals surface area contributed by atoms with Gasteiger partial charge < -0.3 is 5.73 Å². The van der Waals surface area contributed by atoms with Crippen LogP contribution in [0.4, 0.5) is 5.69 Å². The summed E-state index contributed by atoms with van der Waals surface area (Å²) in [7, 11) is 0. The molecular formula is C9H10ClNS. The Kier molecular flexibility index (Phi) is 2.20. The summed E-state index contributed by atoms with van der Waals surface area (Å²) in [5, 5.41) is 1.49. The number of thioether (sulfide) groups is 1. The van der Waals surface area contributed by atoms with Crippen molar-refractivity contribution in [3.8, 4) is 0 Å². The first-order valence-electron chi connectivity index (χ1n) is 3.97. The van der Waals surface area contributed by atoms with E-state index in [1.807, 2.05) is 30.0 Å². The van der Waals surface area contributed by atoms with Crippen molar-refractivity contribution in [2.75, 3.05) is 5.73 Å². The molecule has 1 aromatic carbocycles. The van der Waals surface area contributed by atoms with Crippen LogP contribution in [0.3, 0.4) is 0 Å². The van der Waals surface area contributed by atoms with Crippen LogP contribution in [0.15, 0.2) is 23.1 Å². The smallest absolute Gasteiger partial charge is 0.0646 e. The predicted octanol–water partition coefficient (Wildman–Crippen LogP) is 3.18. The lowest BCUT2D eigenvalue weighted by molar-refractivity contribution is 1.42. The SMILES string of the molecule is Nc1ccc(SC2CC2)cc1Cl. The minimum absolute atomic E-state index is 0.664. The number of nitrogens with two attached hydrogens (primary N) is 1. The summed E-state index contributed by atoms with van der Waals surface area (Å²) >= 11 is 7.77. The van der Waals surface area contributed by atoms with Crippen LogP contribution in [0.5, 0.6) is 0 Å². The zero-order chi connectivity index (χ0) is 8.55. The highest BCUT2D eigenvalue weighted by Crippen LogP contribution is 2.40. The summed E-state index contributed by atoms with van der Waals surface area (Å²) in [5.74, 6) is 0. The lowest BCUT2D eigenvalue weighted by atomic mass is 10.3. The molecule has 1 nitrogen and oxygen atoms in total. The Bertz CT molecular complexity index is 297. The van der Waals surface area contributed by atoms with Crippen molar-refractivity contribution in [3.05, 3.63) is 23.2 Å². The quantitative estimate of drug-likeness (QED) is 0.741. The van der Waals surface area contributed by atoms with E-state index in [9.17, 15) is 0 Å². The van der Waals surface area contributed by atoms with Gasteiger partial charge in [0.05, 0.1) is 10.7 Å². The van der Waals surface area contributed by atoms with Crippen molar-refractivity contribution >= 4 is 29.1 Å². The van der Waals surface area contributed by atoms with Gasteiger partial charge in [0, 0.05) is 10.1 Å². The van der Waals surface area contributed by atoms with Gasteiger partial charge in [0.25, 0.3) is 0 Å². The highest BCUT2D eigenvalue weighted by atomic mass is 35.5.